The molecular weight excluding hydrogens is 300 g/mol. The summed E-state index contributed by atoms with van der Waals surface area (Å²) in [5.74, 6) is 4.19. The minimum atomic E-state index is -1.11. The van der Waals surface area contributed by atoms with Crippen molar-refractivity contribution in [2.24, 2.45) is 0 Å². The Labute approximate surface area is 113 Å². The largest absolute Gasteiger partial charge is 0.478 e. The first-order valence-electron chi connectivity index (χ1n) is 5.02. The molecule has 18 heavy (non-hydrogen) atoms. The minimum Gasteiger partial charge on any atom is -0.478 e. The van der Waals surface area contributed by atoms with Gasteiger partial charge in [0.2, 0.25) is 0 Å². The number of carboxylic acid groups (broad SMARTS) is 1. The van der Waals surface area contributed by atoms with Gasteiger partial charge in [-0.2, -0.15) is 0 Å². The number of anilines is 1. The molecule has 0 heterocycles. The molecule has 0 radical (unpaired) electrons. The third-order valence-corrected chi connectivity index (χ3v) is 2.66. The van der Waals surface area contributed by atoms with E-state index in [0.29, 0.717) is 4.47 Å². The van der Waals surface area contributed by atoms with E-state index >= 15 is 0 Å². The van der Waals surface area contributed by atoms with Crippen molar-refractivity contribution in [3.05, 3.63) is 28.2 Å². The first-order valence-corrected chi connectivity index (χ1v) is 5.81. The molecule has 1 aromatic rings. The number of nitrogens with one attached hydrogen (secondary N) is 2. The van der Waals surface area contributed by atoms with Crippen LogP contribution in [0.1, 0.15) is 17.3 Å². The lowest BCUT2D eigenvalue weighted by Gasteiger charge is -2.10. The summed E-state index contributed by atoms with van der Waals surface area (Å²) in [6.07, 6.45) is 0. The Morgan fingerprint density at radius 1 is 1.44 bits per heavy atom. The smallest absolute Gasteiger partial charge is 0.337 e. The molecule has 0 spiro atoms. The van der Waals surface area contributed by atoms with Crippen molar-refractivity contribution in [2.45, 2.75) is 6.92 Å². The van der Waals surface area contributed by atoms with Gasteiger partial charge in [-0.25, -0.2) is 9.59 Å². The van der Waals surface area contributed by atoms with Crippen LogP contribution in [0.25, 0.3) is 0 Å². The van der Waals surface area contributed by atoms with Crippen LogP contribution in [0.15, 0.2) is 22.7 Å². The number of carboxylic acids is 1. The Morgan fingerprint density at radius 3 is 2.78 bits per heavy atom. The van der Waals surface area contributed by atoms with Gasteiger partial charge >= 0.3 is 12.0 Å². The van der Waals surface area contributed by atoms with Crippen molar-refractivity contribution in [2.75, 3.05) is 11.9 Å². The lowest BCUT2D eigenvalue weighted by Crippen LogP contribution is -2.29. The van der Waals surface area contributed by atoms with Gasteiger partial charge in [-0.1, -0.05) is 12.0 Å². The maximum absolute atomic E-state index is 11.5. The molecule has 0 saturated carbocycles. The number of amides is 2. The van der Waals surface area contributed by atoms with Crippen LogP contribution in [0, 0.1) is 11.8 Å². The van der Waals surface area contributed by atoms with E-state index in [0.717, 1.165) is 0 Å². The van der Waals surface area contributed by atoms with Gasteiger partial charge in [0.05, 0.1) is 17.8 Å². The molecule has 0 aliphatic carbocycles. The highest BCUT2D eigenvalue weighted by molar-refractivity contribution is 9.10. The van der Waals surface area contributed by atoms with Crippen LogP contribution in [0.5, 0.6) is 0 Å². The molecule has 3 N–H and O–H groups in total. The third-order valence-electron chi connectivity index (χ3n) is 2.00. The molecule has 0 atom stereocenters. The maximum Gasteiger partial charge on any atom is 0.337 e. The van der Waals surface area contributed by atoms with Gasteiger partial charge in [0.15, 0.2) is 0 Å². The van der Waals surface area contributed by atoms with Gasteiger partial charge in [0.25, 0.3) is 0 Å². The quantitative estimate of drug-likeness (QED) is 0.750. The van der Waals surface area contributed by atoms with E-state index in [-0.39, 0.29) is 17.8 Å². The summed E-state index contributed by atoms with van der Waals surface area (Å²) < 4.78 is 0.499. The Kier molecular flexibility index (Phi) is 5.21. The van der Waals surface area contributed by atoms with Crippen LogP contribution in [0.4, 0.5) is 10.5 Å². The van der Waals surface area contributed by atoms with E-state index in [2.05, 4.69) is 38.4 Å². The molecule has 1 aromatic carbocycles. The zero-order valence-corrected chi connectivity index (χ0v) is 11.2. The van der Waals surface area contributed by atoms with Crippen molar-refractivity contribution in [3.63, 3.8) is 0 Å². The van der Waals surface area contributed by atoms with Gasteiger partial charge in [-0.3, -0.25) is 0 Å². The summed E-state index contributed by atoms with van der Waals surface area (Å²) in [7, 11) is 0. The second-order valence-electron chi connectivity index (χ2n) is 3.20. The number of urea groups is 1. The number of carbonyl (C=O) groups excluding carboxylic acids is 1. The molecule has 1 rings (SSSR count). The maximum atomic E-state index is 11.5. The predicted molar refractivity (Wildman–Crippen MR) is 71.6 cm³/mol. The topological polar surface area (TPSA) is 78.4 Å². The normalized spacial score (nSPS) is 9.00. The zero-order valence-electron chi connectivity index (χ0n) is 9.58. The molecule has 0 bridgehead atoms. The summed E-state index contributed by atoms with van der Waals surface area (Å²) >= 11 is 3.19. The van der Waals surface area contributed by atoms with Crippen molar-refractivity contribution in [1.29, 1.82) is 0 Å². The molecule has 0 aliphatic heterocycles. The molecule has 2 amide bonds. The molecule has 0 fully saturated rings. The van der Waals surface area contributed by atoms with Gasteiger partial charge in [0, 0.05) is 4.47 Å². The number of hydrogen-bond donors (Lipinski definition) is 3. The molecular formula is C12H11BrN2O3. The number of aromatic carboxylic acids is 1. The Bertz CT molecular complexity index is 532. The van der Waals surface area contributed by atoms with E-state index in [9.17, 15) is 9.59 Å². The highest BCUT2D eigenvalue weighted by Gasteiger charge is 2.14. The van der Waals surface area contributed by atoms with Gasteiger partial charge in [0.1, 0.15) is 0 Å². The van der Waals surface area contributed by atoms with Gasteiger partial charge in [-0.15, -0.1) is 5.92 Å². The van der Waals surface area contributed by atoms with E-state index in [1.165, 1.54) is 6.07 Å². The SMILES string of the molecule is CC#CCNC(=O)Nc1c(Br)cccc1C(=O)O. The van der Waals surface area contributed by atoms with E-state index in [1.54, 1.807) is 19.1 Å². The molecule has 0 saturated heterocycles. The summed E-state index contributed by atoms with van der Waals surface area (Å²) in [6, 6.07) is 4.13. The Balaban J connectivity index is 2.85. The fourth-order valence-corrected chi connectivity index (χ4v) is 1.67. The third kappa shape index (κ3) is 3.79. The number of hydrogen-bond acceptors (Lipinski definition) is 2. The zero-order chi connectivity index (χ0) is 13.5. The highest BCUT2D eigenvalue weighted by atomic mass is 79.9. The van der Waals surface area contributed by atoms with E-state index in [4.69, 9.17) is 5.11 Å². The first-order chi connectivity index (χ1) is 8.56. The Hall–Kier alpha value is -2.00. The number of benzene rings is 1. The number of rotatable bonds is 3. The summed E-state index contributed by atoms with van der Waals surface area (Å²) in [4.78, 5) is 22.5. The van der Waals surface area contributed by atoms with Crippen LogP contribution >= 0.6 is 15.9 Å². The average Bonchev–Trinajstić information content (AvgIpc) is 2.31. The molecule has 94 valence electrons. The lowest BCUT2D eigenvalue weighted by molar-refractivity contribution is 0.0698. The van der Waals surface area contributed by atoms with E-state index in [1.807, 2.05) is 0 Å². The van der Waals surface area contributed by atoms with Crippen molar-refractivity contribution >= 4 is 33.6 Å². The number of para-hydroxylation sites is 1. The number of carbonyl (C=O) groups is 2. The van der Waals surface area contributed by atoms with Crippen molar-refractivity contribution in [1.82, 2.24) is 5.32 Å². The second-order valence-corrected chi connectivity index (χ2v) is 4.06. The minimum absolute atomic E-state index is 0.0149. The monoisotopic (exact) mass is 310 g/mol. The standard InChI is InChI=1S/C12H11BrN2O3/c1-2-3-7-14-12(18)15-10-8(11(16)17)5-4-6-9(10)13/h4-6H,7H2,1H3,(H,16,17)(H2,14,15,18). The van der Waals surface area contributed by atoms with Crippen molar-refractivity contribution < 1.29 is 14.7 Å². The lowest BCUT2D eigenvalue weighted by atomic mass is 10.2. The fraction of sp³-hybridized carbons (Fsp3) is 0.167. The average molecular weight is 311 g/mol. The Morgan fingerprint density at radius 2 is 2.17 bits per heavy atom. The summed E-state index contributed by atoms with van der Waals surface area (Å²) in [5.41, 5.74) is 0.230. The van der Waals surface area contributed by atoms with Gasteiger partial charge in [-0.05, 0) is 35.0 Å². The van der Waals surface area contributed by atoms with Crippen LogP contribution < -0.4 is 10.6 Å². The predicted octanol–water partition coefficient (Wildman–Crippen LogP) is 2.29. The van der Waals surface area contributed by atoms with Crippen LogP contribution in [0.3, 0.4) is 0 Å². The molecule has 0 aliphatic rings. The van der Waals surface area contributed by atoms with Crippen LogP contribution in [0.2, 0.25) is 0 Å². The molecule has 6 heteroatoms. The molecule has 0 aromatic heterocycles. The summed E-state index contributed by atoms with van der Waals surface area (Å²) in [6.45, 7) is 1.87. The molecule has 5 nitrogen and oxygen atoms in total. The van der Waals surface area contributed by atoms with Gasteiger partial charge < -0.3 is 15.7 Å². The highest BCUT2D eigenvalue weighted by Crippen LogP contribution is 2.26. The first kappa shape index (κ1) is 14.1. The second kappa shape index (κ2) is 6.67. The molecule has 0 unspecified atom stereocenters. The van der Waals surface area contributed by atoms with E-state index < -0.39 is 12.0 Å². The van der Waals surface area contributed by atoms with Crippen molar-refractivity contribution in [3.8, 4) is 11.8 Å². The van der Waals surface area contributed by atoms with Crippen LogP contribution in [-0.4, -0.2) is 23.7 Å². The summed E-state index contributed by atoms with van der Waals surface area (Å²) in [5, 5.41) is 14.0. The fourth-order valence-electron chi connectivity index (χ4n) is 1.20. The number of halogens is 1. The van der Waals surface area contributed by atoms with Crippen LogP contribution in [-0.2, 0) is 0 Å².